The molecule has 2 fully saturated rings. The van der Waals surface area contributed by atoms with Gasteiger partial charge in [-0.15, -0.1) is 0 Å². The van der Waals surface area contributed by atoms with Crippen LogP contribution in [0, 0.1) is 11.8 Å². The number of likely N-dealkylation sites (tertiary alicyclic amines) is 2. The van der Waals surface area contributed by atoms with Gasteiger partial charge in [0.05, 0.1) is 55.8 Å². The normalized spacial score (nSPS) is 20.0. The molecular formula is C49H54N8O8. The van der Waals surface area contributed by atoms with Crippen LogP contribution in [0.2, 0.25) is 0 Å². The van der Waals surface area contributed by atoms with E-state index in [0.717, 1.165) is 68.3 Å². The topological polar surface area (TPSA) is 193 Å². The first-order valence-corrected chi connectivity index (χ1v) is 22.1. The quantitative estimate of drug-likeness (QED) is 0.100. The summed E-state index contributed by atoms with van der Waals surface area (Å²) >= 11 is 0. The Morgan fingerprint density at radius 3 is 2.40 bits per heavy atom. The van der Waals surface area contributed by atoms with Gasteiger partial charge in [0.15, 0.2) is 0 Å². The van der Waals surface area contributed by atoms with Crippen molar-refractivity contribution in [2.75, 3.05) is 34.5 Å². The number of amides is 4. The first kappa shape index (κ1) is 43.3. The number of hydrogen-bond acceptors (Lipinski definition) is 10. The SMILES string of the molecule is COC[C@@H]1C[C@H](c2ncc(-c3ccc4c(c3)COc3cc5c(ccc6[nH]c([C@@H]7CC[C@H](C)N7C(=O)[C@@H](NC(=O)OC)C(C)C)nc65)cc3-4)[nH]2)N(C(=O)[C@@H](NC(=O)OC)c2ccccc2)C1. The third-order valence-corrected chi connectivity index (χ3v) is 13.1. The number of methoxy groups -OCH3 is 3. The molecule has 0 saturated carbocycles. The first-order chi connectivity index (χ1) is 31.5. The fourth-order valence-corrected chi connectivity index (χ4v) is 9.83. The van der Waals surface area contributed by atoms with Crippen molar-refractivity contribution in [1.29, 1.82) is 0 Å². The summed E-state index contributed by atoms with van der Waals surface area (Å²) in [6.07, 6.45) is 2.64. The van der Waals surface area contributed by atoms with E-state index in [-0.39, 0.29) is 41.8 Å². The van der Waals surface area contributed by atoms with Gasteiger partial charge in [0.2, 0.25) is 5.91 Å². The van der Waals surface area contributed by atoms with Crippen molar-refractivity contribution >= 4 is 45.8 Å². The molecule has 3 aliphatic heterocycles. The van der Waals surface area contributed by atoms with Crippen molar-refractivity contribution in [2.45, 2.75) is 76.8 Å². The Morgan fingerprint density at radius 2 is 1.65 bits per heavy atom. The summed E-state index contributed by atoms with van der Waals surface area (Å²) in [5.74, 6) is 1.61. The lowest BCUT2D eigenvalue weighted by atomic mass is 9.92. The lowest BCUT2D eigenvalue weighted by molar-refractivity contribution is -0.137. The minimum atomic E-state index is -0.948. The molecule has 16 heteroatoms. The molecule has 338 valence electrons. The molecule has 0 spiro atoms. The van der Waals surface area contributed by atoms with Gasteiger partial charge in [0.1, 0.15) is 36.1 Å². The van der Waals surface area contributed by atoms with Gasteiger partial charge < -0.3 is 49.3 Å². The van der Waals surface area contributed by atoms with Gasteiger partial charge >= 0.3 is 12.2 Å². The molecule has 6 atom stereocenters. The maximum absolute atomic E-state index is 14.3. The second-order valence-electron chi connectivity index (χ2n) is 17.6. The summed E-state index contributed by atoms with van der Waals surface area (Å²) in [4.78, 5) is 73.5. The zero-order valence-corrected chi connectivity index (χ0v) is 37.3. The Hall–Kier alpha value is -6.94. The lowest BCUT2D eigenvalue weighted by Crippen LogP contribution is -2.52. The van der Waals surface area contributed by atoms with Crippen LogP contribution in [0.1, 0.15) is 80.9 Å². The lowest BCUT2D eigenvalue weighted by Gasteiger charge is -2.32. The van der Waals surface area contributed by atoms with Gasteiger partial charge in [-0.2, -0.15) is 0 Å². The van der Waals surface area contributed by atoms with E-state index in [1.807, 2.05) is 62.1 Å². The number of imidazole rings is 2. The number of H-pyrrole nitrogens is 2. The molecule has 3 aliphatic rings. The number of alkyl carbamates (subject to hydrolysis) is 2. The molecule has 65 heavy (non-hydrogen) atoms. The summed E-state index contributed by atoms with van der Waals surface area (Å²) in [7, 11) is 4.22. The number of benzene rings is 4. The highest BCUT2D eigenvalue weighted by molar-refractivity contribution is 6.07. The van der Waals surface area contributed by atoms with E-state index in [0.29, 0.717) is 43.4 Å². The maximum atomic E-state index is 14.3. The first-order valence-electron chi connectivity index (χ1n) is 22.1. The fourth-order valence-electron chi connectivity index (χ4n) is 9.83. The number of hydrogen-bond donors (Lipinski definition) is 4. The van der Waals surface area contributed by atoms with Crippen molar-refractivity contribution in [2.24, 2.45) is 11.8 Å². The Bertz CT molecular complexity index is 2770. The Balaban J connectivity index is 0.974. The number of fused-ring (bicyclic) bond motifs is 6. The van der Waals surface area contributed by atoms with Crippen molar-refractivity contribution < 1.29 is 38.1 Å². The van der Waals surface area contributed by atoms with Crippen LogP contribution in [0.4, 0.5) is 9.59 Å². The molecule has 0 aliphatic carbocycles. The predicted molar refractivity (Wildman–Crippen MR) is 243 cm³/mol. The van der Waals surface area contributed by atoms with Crippen LogP contribution in [0.5, 0.6) is 5.75 Å². The van der Waals surface area contributed by atoms with Crippen LogP contribution in [0.15, 0.2) is 79.0 Å². The molecule has 0 unspecified atom stereocenters. The van der Waals surface area contributed by atoms with Gasteiger partial charge in [0, 0.05) is 36.6 Å². The number of carbonyl (C=O) groups excluding carboxylic acids is 4. The molecule has 0 bridgehead atoms. The van der Waals surface area contributed by atoms with E-state index in [1.165, 1.54) is 14.2 Å². The van der Waals surface area contributed by atoms with E-state index >= 15 is 0 Å². The van der Waals surface area contributed by atoms with Crippen LogP contribution < -0.4 is 15.4 Å². The van der Waals surface area contributed by atoms with Gasteiger partial charge in [-0.3, -0.25) is 9.59 Å². The van der Waals surface area contributed by atoms with E-state index in [1.54, 1.807) is 18.2 Å². The zero-order chi connectivity index (χ0) is 45.5. The second kappa shape index (κ2) is 17.9. The van der Waals surface area contributed by atoms with Gasteiger partial charge in [0.25, 0.3) is 5.91 Å². The van der Waals surface area contributed by atoms with Crippen LogP contribution in [-0.2, 0) is 30.4 Å². The van der Waals surface area contributed by atoms with Crippen molar-refractivity contribution in [3.63, 3.8) is 0 Å². The van der Waals surface area contributed by atoms with Crippen LogP contribution in [0.25, 0.3) is 44.2 Å². The average molecular weight is 883 g/mol. The zero-order valence-electron chi connectivity index (χ0n) is 37.3. The smallest absolute Gasteiger partial charge is 0.407 e. The van der Waals surface area contributed by atoms with E-state index in [9.17, 15) is 19.2 Å². The number of ether oxygens (including phenoxy) is 4. The largest absolute Gasteiger partial charge is 0.488 e. The second-order valence-corrected chi connectivity index (χ2v) is 17.6. The van der Waals surface area contributed by atoms with E-state index in [4.69, 9.17) is 28.9 Å². The molecule has 6 aromatic rings. The van der Waals surface area contributed by atoms with Crippen molar-refractivity contribution in [3.8, 4) is 28.1 Å². The molecule has 2 aromatic heterocycles. The molecule has 2 saturated heterocycles. The Labute approximate surface area is 376 Å². The number of nitrogens with zero attached hydrogens (tertiary/aromatic N) is 4. The molecule has 16 nitrogen and oxygen atoms in total. The molecule has 4 aromatic carbocycles. The molecule has 4 amide bonds. The van der Waals surface area contributed by atoms with Crippen molar-refractivity contribution in [3.05, 3.63) is 102 Å². The highest BCUT2D eigenvalue weighted by atomic mass is 16.5. The highest BCUT2D eigenvalue weighted by Gasteiger charge is 2.43. The fraction of sp³-hybridized carbons (Fsp3) is 0.388. The van der Waals surface area contributed by atoms with Gasteiger partial charge in [-0.25, -0.2) is 19.6 Å². The average Bonchev–Trinajstić information content (AvgIpc) is 4.15. The summed E-state index contributed by atoms with van der Waals surface area (Å²) < 4.78 is 21.7. The van der Waals surface area contributed by atoms with Crippen LogP contribution in [0.3, 0.4) is 0 Å². The van der Waals surface area contributed by atoms with Gasteiger partial charge in [-0.1, -0.05) is 62.4 Å². The third-order valence-electron chi connectivity index (χ3n) is 13.1. The molecule has 0 radical (unpaired) electrons. The summed E-state index contributed by atoms with van der Waals surface area (Å²) in [5, 5.41) is 7.42. The highest BCUT2D eigenvalue weighted by Crippen LogP contribution is 2.44. The number of rotatable bonds is 11. The van der Waals surface area contributed by atoms with Gasteiger partial charge in [-0.05, 0) is 84.0 Å². The summed E-state index contributed by atoms with van der Waals surface area (Å²) in [6.45, 7) is 7.11. The number of aromatic nitrogens is 4. The minimum Gasteiger partial charge on any atom is -0.488 e. The maximum Gasteiger partial charge on any atom is 0.407 e. The standard InChI is InChI=1S/C49H54N8O8/c1-26(2)41(54-48(60)63-5)47(59)57-27(3)12-17-38(57)45-51-36-16-14-30-20-35-33-15-13-31(19-32(33)25-65-40(35)21-34(30)43(36)53-45)37-22-50-44(52-37)39-18-28(24-62-4)23-56(39)46(58)42(55-49(61)64-6)29-10-8-7-9-11-29/h7-11,13-16,19-22,26-28,38-39,41-42H,12,17-18,23-25H2,1-6H3,(H,50,52)(H,51,53)(H,54,60)(H,55,61)/t27-,28+,38-,39+,41-,42-/m0/s1. The molecule has 5 heterocycles. The predicted octanol–water partition coefficient (Wildman–Crippen LogP) is 7.73. The van der Waals surface area contributed by atoms with E-state index < -0.39 is 24.3 Å². The summed E-state index contributed by atoms with van der Waals surface area (Å²) in [5.41, 5.74) is 7.09. The van der Waals surface area contributed by atoms with E-state index in [2.05, 4.69) is 57.0 Å². The molecule has 9 rings (SSSR count). The number of aromatic amines is 2. The minimum absolute atomic E-state index is 0.0342. The number of carbonyl (C=O) groups is 4. The monoisotopic (exact) mass is 882 g/mol. The van der Waals surface area contributed by atoms with Crippen molar-refractivity contribution in [1.82, 2.24) is 40.4 Å². The Kier molecular flexibility index (Phi) is 11.9. The number of nitrogens with one attached hydrogen (secondary N) is 4. The molecular weight excluding hydrogens is 829 g/mol. The molecule has 4 N–H and O–H groups in total. The van der Waals surface area contributed by atoms with Crippen LogP contribution >= 0.6 is 0 Å². The third kappa shape index (κ3) is 8.22. The Morgan fingerprint density at radius 1 is 0.862 bits per heavy atom. The van der Waals surface area contributed by atoms with Crippen LogP contribution in [-0.4, -0.2) is 100 Å². The summed E-state index contributed by atoms with van der Waals surface area (Å²) in [6, 6.07) is 21.3.